The van der Waals surface area contributed by atoms with Crippen LogP contribution < -0.4 is 19.5 Å². The number of thiocarbonyl (C=S) groups is 1. The normalized spacial score (nSPS) is 10.3. The van der Waals surface area contributed by atoms with Crippen molar-refractivity contribution in [3.63, 3.8) is 0 Å². The second-order valence-electron chi connectivity index (χ2n) is 6.25. The van der Waals surface area contributed by atoms with Crippen molar-refractivity contribution in [3.05, 3.63) is 72.2 Å². The summed E-state index contributed by atoms with van der Waals surface area (Å²) in [6, 6.07) is 17.2. The Hall–Kier alpha value is -3.19. The predicted octanol–water partition coefficient (Wildman–Crippen LogP) is 4.70. The molecule has 0 saturated heterocycles. The van der Waals surface area contributed by atoms with E-state index in [4.69, 9.17) is 30.8 Å². The molecule has 0 aliphatic heterocycles. The molecule has 0 spiro atoms. The van der Waals surface area contributed by atoms with Crippen LogP contribution >= 0.6 is 12.2 Å². The molecule has 1 aromatic heterocycles. The minimum atomic E-state index is 0.509. The van der Waals surface area contributed by atoms with Gasteiger partial charge in [-0.1, -0.05) is 12.1 Å². The molecule has 29 heavy (non-hydrogen) atoms. The van der Waals surface area contributed by atoms with Crippen LogP contribution in [0.4, 0.5) is 5.69 Å². The number of para-hydroxylation sites is 1. The van der Waals surface area contributed by atoms with Crippen molar-refractivity contribution < 1.29 is 18.6 Å². The van der Waals surface area contributed by atoms with Crippen LogP contribution in [0.5, 0.6) is 17.2 Å². The van der Waals surface area contributed by atoms with Crippen molar-refractivity contribution in [3.8, 4) is 17.2 Å². The van der Waals surface area contributed by atoms with E-state index in [9.17, 15) is 0 Å². The monoisotopic (exact) mass is 412 g/mol. The number of nitrogens with one attached hydrogen (secondary N) is 1. The Morgan fingerprint density at radius 3 is 2.34 bits per heavy atom. The molecule has 1 N–H and O–H groups in total. The molecule has 0 atom stereocenters. The van der Waals surface area contributed by atoms with E-state index in [0.29, 0.717) is 29.7 Å². The number of methoxy groups -OCH3 is 3. The van der Waals surface area contributed by atoms with Gasteiger partial charge in [0.05, 0.1) is 34.1 Å². The number of benzene rings is 2. The van der Waals surface area contributed by atoms with E-state index < -0.39 is 0 Å². The molecule has 0 amide bonds. The number of rotatable bonds is 8. The van der Waals surface area contributed by atoms with E-state index in [1.807, 2.05) is 59.5 Å². The van der Waals surface area contributed by atoms with Gasteiger partial charge < -0.3 is 28.8 Å². The van der Waals surface area contributed by atoms with Crippen LogP contribution in [0.3, 0.4) is 0 Å². The molecule has 0 aliphatic rings. The summed E-state index contributed by atoms with van der Waals surface area (Å²) in [5, 5.41) is 3.85. The zero-order valence-electron chi connectivity index (χ0n) is 16.7. The molecule has 0 aliphatic carbocycles. The maximum atomic E-state index is 5.70. The molecule has 0 unspecified atom stereocenters. The Labute approximate surface area is 176 Å². The van der Waals surface area contributed by atoms with Crippen LogP contribution in [-0.2, 0) is 13.1 Å². The summed E-state index contributed by atoms with van der Waals surface area (Å²) < 4.78 is 21.7. The molecule has 3 rings (SSSR count). The second kappa shape index (κ2) is 9.84. The molecular weight excluding hydrogens is 388 g/mol. The van der Waals surface area contributed by atoms with Gasteiger partial charge in [-0.05, 0) is 54.7 Å². The summed E-state index contributed by atoms with van der Waals surface area (Å²) in [6.45, 7) is 1.03. The van der Waals surface area contributed by atoms with Crippen molar-refractivity contribution >= 4 is 23.0 Å². The first kappa shape index (κ1) is 20.5. The number of anilines is 1. The highest BCUT2D eigenvalue weighted by molar-refractivity contribution is 7.80. The fraction of sp³-hybridized carbons (Fsp3) is 0.227. The molecule has 6 nitrogen and oxygen atoms in total. The lowest BCUT2D eigenvalue weighted by Gasteiger charge is -2.26. The van der Waals surface area contributed by atoms with Crippen LogP contribution in [0.2, 0.25) is 0 Å². The number of hydrogen-bond donors (Lipinski definition) is 1. The largest absolute Gasteiger partial charge is 0.497 e. The lowest BCUT2D eigenvalue weighted by atomic mass is 10.1. The quantitative estimate of drug-likeness (QED) is 0.538. The highest BCUT2D eigenvalue weighted by Gasteiger charge is 2.17. The summed E-state index contributed by atoms with van der Waals surface area (Å²) in [5.41, 5.74) is 1.83. The van der Waals surface area contributed by atoms with E-state index >= 15 is 0 Å². The first-order valence-electron chi connectivity index (χ1n) is 9.06. The molecule has 3 aromatic rings. The molecule has 0 fully saturated rings. The van der Waals surface area contributed by atoms with Crippen molar-refractivity contribution in [2.24, 2.45) is 0 Å². The van der Waals surface area contributed by atoms with Gasteiger partial charge in [0.1, 0.15) is 11.5 Å². The fourth-order valence-corrected chi connectivity index (χ4v) is 3.20. The molecule has 7 heteroatoms. The predicted molar refractivity (Wildman–Crippen MR) is 117 cm³/mol. The number of nitrogens with zero attached hydrogens (tertiary/aromatic N) is 1. The van der Waals surface area contributed by atoms with Crippen LogP contribution in [0.15, 0.2) is 65.3 Å². The number of hydrogen-bond acceptors (Lipinski definition) is 5. The van der Waals surface area contributed by atoms with Crippen molar-refractivity contribution in [1.82, 2.24) is 4.90 Å². The molecule has 1 heterocycles. The van der Waals surface area contributed by atoms with Gasteiger partial charge in [-0.3, -0.25) is 0 Å². The van der Waals surface area contributed by atoms with Gasteiger partial charge in [0, 0.05) is 17.8 Å². The SMILES string of the molecule is COc1ccc(NC(=S)N(Cc2ccco2)Cc2cccc(OC)c2OC)cc1. The smallest absolute Gasteiger partial charge is 0.174 e. The lowest BCUT2D eigenvalue weighted by Crippen LogP contribution is -2.33. The zero-order valence-corrected chi connectivity index (χ0v) is 17.5. The summed E-state index contributed by atoms with van der Waals surface area (Å²) in [5.74, 6) is 2.96. The van der Waals surface area contributed by atoms with Gasteiger partial charge in [0.15, 0.2) is 16.6 Å². The maximum absolute atomic E-state index is 5.70. The van der Waals surface area contributed by atoms with E-state index in [0.717, 1.165) is 22.8 Å². The Balaban J connectivity index is 1.83. The molecule has 152 valence electrons. The third-order valence-electron chi connectivity index (χ3n) is 4.40. The van der Waals surface area contributed by atoms with E-state index in [1.54, 1.807) is 27.6 Å². The molecule has 0 radical (unpaired) electrons. The Morgan fingerprint density at radius 2 is 1.72 bits per heavy atom. The van der Waals surface area contributed by atoms with Gasteiger partial charge in [-0.25, -0.2) is 0 Å². The van der Waals surface area contributed by atoms with Gasteiger partial charge in [-0.2, -0.15) is 0 Å². The van der Waals surface area contributed by atoms with Crippen molar-refractivity contribution in [2.45, 2.75) is 13.1 Å². The minimum absolute atomic E-state index is 0.509. The topological polar surface area (TPSA) is 56.1 Å². The summed E-state index contributed by atoms with van der Waals surface area (Å²) in [6.07, 6.45) is 1.65. The second-order valence-corrected chi connectivity index (χ2v) is 6.63. The minimum Gasteiger partial charge on any atom is -0.497 e. The molecular formula is C22H24N2O4S. The first-order valence-corrected chi connectivity index (χ1v) is 9.47. The van der Waals surface area contributed by atoms with E-state index in [1.165, 1.54) is 0 Å². The summed E-state index contributed by atoms with van der Waals surface area (Å²) in [7, 11) is 4.89. The number of ether oxygens (including phenoxy) is 3. The van der Waals surface area contributed by atoms with Gasteiger partial charge in [-0.15, -0.1) is 0 Å². The average molecular weight is 413 g/mol. The Bertz CT molecular complexity index is 926. The lowest BCUT2D eigenvalue weighted by molar-refractivity contribution is 0.331. The van der Waals surface area contributed by atoms with E-state index in [2.05, 4.69) is 5.32 Å². The van der Waals surface area contributed by atoms with Gasteiger partial charge in [0.25, 0.3) is 0 Å². The van der Waals surface area contributed by atoms with Crippen LogP contribution in [-0.4, -0.2) is 31.3 Å². The maximum Gasteiger partial charge on any atom is 0.174 e. The Morgan fingerprint density at radius 1 is 0.931 bits per heavy atom. The van der Waals surface area contributed by atoms with Crippen LogP contribution in [0, 0.1) is 0 Å². The van der Waals surface area contributed by atoms with Crippen molar-refractivity contribution in [1.29, 1.82) is 0 Å². The summed E-state index contributed by atoms with van der Waals surface area (Å²) >= 11 is 5.70. The first-order chi connectivity index (χ1) is 14.1. The summed E-state index contributed by atoms with van der Waals surface area (Å²) in [4.78, 5) is 2.01. The molecule has 0 bridgehead atoms. The Kier molecular flexibility index (Phi) is 6.97. The van der Waals surface area contributed by atoms with E-state index in [-0.39, 0.29) is 0 Å². The van der Waals surface area contributed by atoms with Crippen LogP contribution in [0.25, 0.3) is 0 Å². The van der Waals surface area contributed by atoms with Gasteiger partial charge >= 0.3 is 0 Å². The van der Waals surface area contributed by atoms with Gasteiger partial charge in [0.2, 0.25) is 0 Å². The zero-order chi connectivity index (χ0) is 20.6. The molecule has 2 aromatic carbocycles. The average Bonchev–Trinajstić information content (AvgIpc) is 3.26. The highest BCUT2D eigenvalue weighted by atomic mass is 32.1. The van der Waals surface area contributed by atoms with Crippen molar-refractivity contribution in [2.75, 3.05) is 26.6 Å². The van der Waals surface area contributed by atoms with Crippen LogP contribution in [0.1, 0.15) is 11.3 Å². The number of furan rings is 1. The fourth-order valence-electron chi connectivity index (χ4n) is 2.95. The highest BCUT2D eigenvalue weighted by Crippen LogP contribution is 2.32. The molecule has 0 saturated carbocycles. The third kappa shape index (κ3) is 5.20. The third-order valence-corrected chi connectivity index (χ3v) is 4.76. The standard InChI is InChI=1S/C22H24N2O4S/c1-25-18-11-9-17(10-12-18)23-22(29)24(15-19-7-5-13-28-19)14-16-6-4-8-20(26-2)21(16)27-3/h4-13H,14-15H2,1-3H3,(H,23,29).